The molecule has 0 spiro atoms. The Morgan fingerprint density at radius 3 is 2.48 bits per heavy atom. The monoisotopic (exact) mass is 312 g/mol. The van der Waals surface area contributed by atoms with E-state index in [0.29, 0.717) is 17.9 Å². The van der Waals surface area contributed by atoms with E-state index in [1.807, 2.05) is 29.2 Å². The Balaban J connectivity index is 2.21. The number of nitrogens with zero attached hydrogens (tertiary/aromatic N) is 2. The molecule has 0 aliphatic carbocycles. The number of carbonyl (C=O) groups excluding carboxylic acids is 2. The van der Waals surface area contributed by atoms with Gasteiger partial charge in [0, 0.05) is 13.5 Å². The predicted octanol–water partition coefficient (Wildman–Crippen LogP) is 2.63. The maximum Gasteiger partial charge on any atom is 0.224 e. The molecular weight excluding hydrogens is 292 g/mol. The van der Waals surface area contributed by atoms with Gasteiger partial charge in [0.25, 0.3) is 0 Å². The van der Waals surface area contributed by atoms with Gasteiger partial charge < -0.3 is 9.64 Å². The molecule has 0 saturated heterocycles. The van der Waals surface area contributed by atoms with E-state index >= 15 is 0 Å². The highest BCUT2D eigenvalue weighted by atomic mass is 16.5. The molecule has 0 unspecified atom stereocenters. The molecule has 1 aromatic rings. The summed E-state index contributed by atoms with van der Waals surface area (Å²) >= 11 is 0. The van der Waals surface area contributed by atoms with Gasteiger partial charge in [-0.05, 0) is 26.0 Å². The lowest BCUT2D eigenvalue weighted by Crippen LogP contribution is -2.57. The van der Waals surface area contributed by atoms with E-state index in [1.54, 1.807) is 17.9 Å². The maximum absolute atomic E-state index is 12.3. The molecule has 23 heavy (non-hydrogen) atoms. The second-order valence-corrected chi connectivity index (χ2v) is 5.80. The summed E-state index contributed by atoms with van der Waals surface area (Å²) in [5.41, 5.74) is 2.26. The molecule has 0 bridgehead atoms. The molecule has 2 aliphatic heterocycles. The van der Waals surface area contributed by atoms with E-state index in [-0.39, 0.29) is 11.7 Å². The molecule has 2 aliphatic rings. The summed E-state index contributed by atoms with van der Waals surface area (Å²) in [6, 6.07) is 7.24. The lowest BCUT2D eigenvalue weighted by atomic mass is 9.96. The summed E-state index contributed by atoms with van der Waals surface area (Å²) < 4.78 is 5.98. The van der Waals surface area contributed by atoms with Crippen LogP contribution in [-0.4, -0.2) is 30.5 Å². The summed E-state index contributed by atoms with van der Waals surface area (Å²) in [6.07, 6.45) is 1.38. The Morgan fingerprint density at radius 1 is 1.26 bits per heavy atom. The van der Waals surface area contributed by atoms with Crippen LogP contribution >= 0.6 is 0 Å². The SMILES string of the molecule is C=CCN1c2ccccc2N(C(C)=O)[C@@H]2C(C(C)=O)=C(C)O[C@@H]21. The van der Waals surface area contributed by atoms with Crippen molar-refractivity contribution in [3.8, 4) is 0 Å². The zero-order valence-corrected chi connectivity index (χ0v) is 13.6. The third-order valence-electron chi connectivity index (χ3n) is 4.32. The Labute approximate surface area is 135 Å². The van der Waals surface area contributed by atoms with Crippen LogP contribution in [0.3, 0.4) is 0 Å². The van der Waals surface area contributed by atoms with Crippen LogP contribution in [0.15, 0.2) is 48.3 Å². The summed E-state index contributed by atoms with van der Waals surface area (Å²) in [5.74, 6) is 0.405. The molecule has 0 saturated carbocycles. The van der Waals surface area contributed by atoms with Gasteiger partial charge >= 0.3 is 0 Å². The Kier molecular flexibility index (Phi) is 3.72. The van der Waals surface area contributed by atoms with E-state index in [4.69, 9.17) is 4.74 Å². The average Bonchev–Trinajstić information content (AvgIpc) is 2.83. The molecule has 5 nitrogen and oxygen atoms in total. The highest BCUT2D eigenvalue weighted by Gasteiger charge is 2.49. The van der Waals surface area contributed by atoms with E-state index in [9.17, 15) is 9.59 Å². The van der Waals surface area contributed by atoms with Gasteiger partial charge in [-0.1, -0.05) is 18.2 Å². The van der Waals surface area contributed by atoms with Crippen molar-refractivity contribution in [2.24, 2.45) is 0 Å². The second kappa shape index (κ2) is 5.57. The van der Waals surface area contributed by atoms with Crippen molar-refractivity contribution in [2.45, 2.75) is 33.0 Å². The lowest BCUT2D eigenvalue weighted by molar-refractivity contribution is -0.117. The number of anilines is 2. The van der Waals surface area contributed by atoms with E-state index in [1.165, 1.54) is 13.8 Å². The topological polar surface area (TPSA) is 49.9 Å². The van der Waals surface area contributed by atoms with Crippen LogP contribution in [0.1, 0.15) is 20.8 Å². The normalized spacial score (nSPS) is 22.4. The van der Waals surface area contributed by atoms with Crippen LogP contribution in [0.4, 0.5) is 11.4 Å². The third kappa shape index (κ3) is 2.23. The van der Waals surface area contributed by atoms with Crippen molar-refractivity contribution in [2.75, 3.05) is 16.3 Å². The number of hydrogen-bond acceptors (Lipinski definition) is 4. The van der Waals surface area contributed by atoms with Gasteiger partial charge in [-0.15, -0.1) is 6.58 Å². The first-order chi connectivity index (χ1) is 11.0. The predicted molar refractivity (Wildman–Crippen MR) is 89.2 cm³/mol. The number of hydrogen-bond donors (Lipinski definition) is 0. The first-order valence-electron chi connectivity index (χ1n) is 7.62. The minimum Gasteiger partial charge on any atom is -0.472 e. The van der Waals surface area contributed by atoms with Gasteiger partial charge in [-0.25, -0.2) is 0 Å². The van der Waals surface area contributed by atoms with Crippen LogP contribution < -0.4 is 9.80 Å². The zero-order valence-electron chi connectivity index (χ0n) is 13.6. The number of ketones is 1. The van der Waals surface area contributed by atoms with Crippen LogP contribution in [0.5, 0.6) is 0 Å². The third-order valence-corrected chi connectivity index (χ3v) is 4.32. The Morgan fingerprint density at radius 2 is 1.91 bits per heavy atom. The number of allylic oxidation sites excluding steroid dienone is 1. The van der Waals surface area contributed by atoms with E-state index < -0.39 is 12.3 Å². The summed E-state index contributed by atoms with van der Waals surface area (Å²) in [7, 11) is 0. The summed E-state index contributed by atoms with van der Waals surface area (Å²) in [6.45, 7) is 9.20. The first kappa shape index (κ1) is 15.3. The molecule has 0 aromatic heterocycles. The highest BCUT2D eigenvalue weighted by Crippen LogP contribution is 2.44. The minimum atomic E-state index is -0.431. The molecule has 2 atom stereocenters. The molecular formula is C18H20N2O3. The average molecular weight is 312 g/mol. The largest absolute Gasteiger partial charge is 0.472 e. The van der Waals surface area contributed by atoms with Crippen LogP contribution in [0.2, 0.25) is 0 Å². The number of carbonyl (C=O) groups is 2. The van der Waals surface area contributed by atoms with Crippen molar-refractivity contribution in [3.63, 3.8) is 0 Å². The van der Waals surface area contributed by atoms with Crippen molar-refractivity contribution in [3.05, 3.63) is 48.3 Å². The van der Waals surface area contributed by atoms with Crippen LogP contribution in [0.25, 0.3) is 0 Å². The van der Waals surface area contributed by atoms with E-state index in [2.05, 4.69) is 6.58 Å². The van der Waals surface area contributed by atoms with Gasteiger partial charge in [-0.3, -0.25) is 14.5 Å². The minimum absolute atomic E-state index is 0.0702. The maximum atomic E-state index is 12.3. The summed E-state index contributed by atoms with van der Waals surface area (Å²) in [4.78, 5) is 28.2. The Bertz CT molecular complexity index is 723. The number of amides is 1. The van der Waals surface area contributed by atoms with Crippen molar-refractivity contribution in [1.82, 2.24) is 0 Å². The molecule has 1 aromatic carbocycles. The van der Waals surface area contributed by atoms with Gasteiger partial charge in [0.1, 0.15) is 11.8 Å². The van der Waals surface area contributed by atoms with E-state index in [0.717, 1.165) is 11.4 Å². The van der Waals surface area contributed by atoms with Crippen LogP contribution in [-0.2, 0) is 14.3 Å². The van der Waals surface area contributed by atoms with Gasteiger partial charge in [-0.2, -0.15) is 0 Å². The molecule has 5 heteroatoms. The van der Waals surface area contributed by atoms with Crippen molar-refractivity contribution < 1.29 is 14.3 Å². The first-order valence-corrected chi connectivity index (χ1v) is 7.62. The number of rotatable bonds is 3. The van der Waals surface area contributed by atoms with Crippen molar-refractivity contribution in [1.29, 1.82) is 0 Å². The number of Topliss-reactive ketones (excluding diaryl/α,β-unsaturated/α-hetero) is 1. The standard InChI is InChI=1S/C18H20N2O3/c1-5-10-19-14-8-6-7-9-15(14)20(13(4)22)17-16(11(2)21)12(3)23-18(17)19/h5-9,17-18H,1,10H2,2-4H3/t17-,18+/m1/s1. The van der Waals surface area contributed by atoms with Gasteiger partial charge in [0.15, 0.2) is 12.0 Å². The Hall–Kier alpha value is -2.56. The molecule has 0 fully saturated rings. The second-order valence-electron chi connectivity index (χ2n) is 5.80. The van der Waals surface area contributed by atoms with Gasteiger partial charge in [0.05, 0.1) is 16.9 Å². The fourth-order valence-corrected chi connectivity index (χ4v) is 3.51. The fourth-order valence-electron chi connectivity index (χ4n) is 3.51. The zero-order chi connectivity index (χ0) is 16.7. The fraction of sp³-hybridized carbons (Fsp3) is 0.333. The van der Waals surface area contributed by atoms with Crippen LogP contribution in [0, 0.1) is 0 Å². The number of para-hydroxylation sites is 2. The molecule has 1 amide bonds. The number of benzene rings is 1. The van der Waals surface area contributed by atoms with Crippen molar-refractivity contribution >= 4 is 23.1 Å². The molecule has 0 N–H and O–H groups in total. The molecule has 120 valence electrons. The number of ether oxygens (including phenoxy) is 1. The molecule has 3 rings (SSSR count). The molecule has 2 heterocycles. The molecule has 0 radical (unpaired) electrons. The smallest absolute Gasteiger partial charge is 0.224 e. The number of fused-ring (bicyclic) bond motifs is 2. The van der Waals surface area contributed by atoms with Gasteiger partial charge in [0.2, 0.25) is 5.91 Å². The quantitative estimate of drug-likeness (QED) is 0.805. The lowest BCUT2D eigenvalue weighted by Gasteiger charge is -2.45. The highest BCUT2D eigenvalue weighted by molar-refractivity contribution is 6.03. The summed E-state index contributed by atoms with van der Waals surface area (Å²) in [5, 5.41) is 0.